The predicted octanol–water partition coefficient (Wildman–Crippen LogP) is 2.08. The Morgan fingerprint density at radius 1 is 1.11 bits per heavy atom. The Kier molecular flexibility index (Phi) is 4.04. The summed E-state index contributed by atoms with van der Waals surface area (Å²) in [6, 6.07) is 9.68. The standard InChI is InChI=1S/C16H25N3/c1-18-9-4-10-19(12-11-18)16-6-3-2-5-14(16)13-17-15-7-8-15/h2-3,5-6,15,17H,4,7-13H2,1H3. The lowest BCUT2D eigenvalue weighted by Crippen LogP contribution is -2.30. The molecule has 0 radical (unpaired) electrons. The van der Waals surface area contributed by atoms with Crippen LogP contribution in [0.1, 0.15) is 24.8 Å². The second kappa shape index (κ2) is 5.93. The molecule has 1 aliphatic carbocycles. The number of hydrogen-bond donors (Lipinski definition) is 1. The molecule has 19 heavy (non-hydrogen) atoms. The minimum absolute atomic E-state index is 0.781. The minimum atomic E-state index is 0.781. The quantitative estimate of drug-likeness (QED) is 0.893. The van der Waals surface area contributed by atoms with Gasteiger partial charge in [0.25, 0.3) is 0 Å². The van der Waals surface area contributed by atoms with Gasteiger partial charge in [0.2, 0.25) is 0 Å². The molecule has 2 fully saturated rings. The van der Waals surface area contributed by atoms with Crippen LogP contribution in [-0.2, 0) is 6.54 Å². The van der Waals surface area contributed by atoms with Crippen LogP contribution in [0, 0.1) is 0 Å². The van der Waals surface area contributed by atoms with E-state index < -0.39 is 0 Å². The normalized spacial score (nSPS) is 21.4. The van der Waals surface area contributed by atoms with Gasteiger partial charge in [-0.25, -0.2) is 0 Å². The predicted molar refractivity (Wildman–Crippen MR) is 80.6 cm³/mol. The van der Waals surface area contributed by atoms with Crippen LogP contribution in [0.25, 0.3) is 0 Å². The number of nitrogens with zero attached hydrogens (tertiary/aromatic N) is 2. The van der Waals surface area contributed by atoms with Crippen molar-refractivity contribution in [2.75, 3.05) is 38.1 Å². The summed E-state index contributed by atoms with van der Waals surface area (Å²) in [6.45, 7) is 5.75. The second-order valence-corrected chi connectivity index (χ2v) is 5.93. The summed E-state index contributed by atoms with van der Waals surface area (Å²) in [5.74, 6) is 0. The average Bonchev–Trinajstić information content (AvgIpc) is 3.25. The highest BCUT2D eigenvalue weighted by Crippen LogP contribution is 2.24. The van der Waals surface area contributed by atoms with Crippen LogP contribution in [0.4, 0.5) is 5.69 Å². The molecular weight excluding hydrogens is 234 g/mol. The van der Waals surface area contributed by atoms with E-state index in [1.165, 1.54) is 50.1 Å². The Bertz CT molecular complexity index is 414. The van der Waals surface area contributed by atoms with Gasteiger partial charge < -0.3 is 15.1 Å². The first-order valence-corrected chi connectivity index (χ1v) is 7.58. The van der Waals surface area contributed by atoms with Gasteiger partial charge in [-0.05, 0) is 44.5 Å². The zero-order chi connectivity index (χ0) is 13.1. The number of anilines is 1. The Hall–Kier alpha value is -1.06. The van der Waals surface area contributed by atoms with Crippen LogP contribution in [-0.4, -0.2) is 44.2 Å². The van der Waals surface area contributed by atoms with E-state index in [1.54, 1.807) is 0 Å². The van der Waals surface area contributed by atoms with Gasteiger partial charge in [-0.3, -0.25) is 0 Å². The van der Waals surface area contributed by atoms with E-state index in [9.17, 15) is 0 Å². The number of para-hydroxylation sites is 1. The summed E-state index contributed by atoms with van der Waals surface area (Å²) in [5.41, 5.74) is 2.89. The molecule has 0 aromatic heterocycles. The van der Waals surface area contributed by atoms with E-state index in [2.05, 4.69) is 46.4 Å². The highest BCUT2D eigenvalue weighted by molar-refractivity contribution is 5.53. The number of benzene rings is 1. The van der Waals surface area contributed by atoms with Gasteiger partial charge in [0.1, 0.15) is 0 Å². The molecule has 1 aliphatic heterocycles. The Morgan fingerprint density at radius 2 is 1.95 bits per heavy atom. The van der Waals surface area contributed by atoms with Crippen LogP contribution in [0.5, 0.6) is 0 Å². The fraction of sp³-hybridized carbons (Fsp3) is 0.625. The third-order valence-electron chi connectivity index (χ3n) is 4.21. The topological polar surface area (TPSA) is 18.5 Å². The molecule has 3 rings (SSSR count). The first kappa shape index (κ1) is 12.9. The average molecular weight is 259 g/mol. The lowest BCUT2D eigenvalue weighted by molar-refractivity contribution is 0.360. The molecule has 2 aliphatic rings. The molecule has 0 bridgehead atoms. The molecule has 0 amide bonds. The fourth-order valence-electron chi connectivity index (χ4n) is 2.80. The lowest BCUT2D eigenvalue weighted by atomic mass is 10.1. The maximum Gasteiger partial charge on any atom is 0.0412 e. The summed E-state index contributed by atoms with van der Waals surface area (Å²) >= 11 is 0. The van der Waals surface area contributed by atoms with E-state index >= 15 is 0 Å². The van der Waals surface area contributed by atoms with E-state index in [0.29, 0.717) is 0 Å². The van der Waals surface area contributed by atoms with Gasteiger partial charge >= 0.3 is 0 Å². The van der Waals surface area contributed by atoms with Gasteiger partial charge in [-0.15, -0.1) is 0 Å². The van der Waals surface area contributed by atoms with Gasteiger partial charge in [-0.2, -0.15) is 0 Å². The maximum atomic E-state index is 3.64. The molecule has 1 aromatic carbocycles. The van der Waals surface area contributed by atoms with Gasteiger partial charge in [0.05, 0.1) is 0 Å². The highest BCUT2D eigenvalue weighted by Gasteiger charge is 2.21. The van der Waals surface area contributed by atoms with Crippen LogP contribution in [0.2, 0.25) is 0 Å². The van der Waals surface area contributed by atoms with Crippen molar-refractivity contribution in [3.63, 3.8) is 0 Å². The number of nitrogens with one attached hydrogen (secondary N) is 1. The van der Waals surface area contributed by atoms with Crippen molar-refractivity contribution in [2.24, 2.45) is 0 Å². The Labute approximate surface area is 116 Å². The molecule has 0 atom stereocenters. The third kappa shape index (κ3) is 3.48. The molecule has 1 saturated heterocycles. The molecule has 1 aromatic rings. The van der Waals surface area contributed by atoms with Gasteiger partial charge in [0, 0.05) is 37.9 Å². The van der Waals surface area contributed by atoms with Crippen LogP contribution < -0.4 is 10.2 Å². The maximum absolute atomic E-state index is 3.64. The minimum Gasteiger partial charge on any atom is -0.370 e. The van der Waals surface area contributed by atoms with Crippen molar-refractivity contribution in [1.29, 1.82) is 0 Å². The highest BCUT2D eigenvalue weighted by atomic mass is 15.2. The zero-order valence-electron chi connectivity index (χ0n) is 11.9. The first-order chi connectivity index (χ1) is 9.33. The molecule has 0 unspecified atom stereocenters. The van der Waals surface area contributed by atoms with Crippen molar-refractivity contribution < 1.29 is 0 Å². The van der Waals surface area contributed by atoms with Crippen molar-refractivity contribution in [3.8, 4) is 0 Å². The Balaban J connectivity index is 1.70. The van der Waals surface area contributed by atoms with Crippen molar-refractivity contribution >= 4 is 5.69 Å². The molecule has 1 N–H and O–H groups in total. The smallest absolute Gasteiger partial charge is 0.0412 e. The summed E-state index contributed by atoms with van der Waals surface area (Å²) in [5, 5.41) is 3.64. The third-order valence-corrected chi connectivity index (χ3v) is 4.21. The Morgan fingerprint density at radius 3 is 2.79 bits per heavy atom. The SMILES string of the molecule is CN1CCCN(c2ccccc2CNC2CC2)CC1. The van der Waals surface area contributed by atoms with Crippen molar-refractivity contribution in [3.05, 3.63) is 29.8 Å². The number of rotatable bonds is 4. The summed E-state index contributed by atoms with van der Waals surface area (Å²) in [7, 11) is 2.23. The lowest BCUT2D eigenvalue weighted by Gasteiger charge is -2.25. The molecular formula is C16H25N3. The van der Waals surface area contributed by atoms with E-state index in [4.69, 9.17) is 0 Å². The fourth-order valence-corrected chi connectivity index (χ4v) is 2.80. The van der Waals surface area contributed by atoms with Crippen molar-refractivity contribution in [2.45, 2.75) is 31.8 Å². The molecule has 1 saturated carbocycles. The van der Waals surface area contributed by atoms with Crippen molar-refractivity contribution in [1.82, 2.24) is 10.2 Å². The number of hydrogen-bond acceptors (Lipinski definition) is 3. The van der Waals surface area contributed by atoms with Crippen LogP contribution in [0.3, 0.4) is 0 Å². The molecule has 104 valence electrons. The largest absolute Gasteiger partial charge is 0.370 e. The summed E-state index contributed by atoms with van der Waals surface area (Å²) < 4.78 is 0. The molecule has 3 nitrogen and oxygen atoms in total. The van der Waals surface area contributed by atoms with E-state index in [1.807, 2.05) is 0 Å². The zero-order valence-corrected chi connectivity index (χ0v) is 11.9. The van der Waals surface area contributed by atoms with Crippen LogP contribution >= 0.6 is 0 Å². The molecule has 3 heteroatoms. The number of likely N-dealkylation sites (N-methyl/N-ethyl adjacent to an activating group) is 1. The molecule has 1 heterocycles. The van der Waals surface area contributed by atoms with E-state index in [-0.39, 0.29) is 0 Å². The first-order valence-electron chi connectivity index (χ1n) is 7.58. The monoisotopic (exact) mass is 259 g/mol. The van der Waals surface area contributed by atoms with E-state index in [0.717, 1.165) is 19.1 Å². The summed E-state index contributed by atoms with van der Waals surface area (Å²) in [6.07, 6.45) is 3.98. The summed E-state index contributed by atoms with van der Waals surface area (Å²) in [4.78, 5) is 5.00. The second-order valence-electron chi connectivity index (χ2n) is 5.93. The van der Waals surface area contributed by atoms with Gasteiger partial charge in [0.15, 0.2) is 0 Å². The van der Waals surface area contributed by atoms with Crippen LogP contribution in [0.15, 0.2) is 24.3 Å². The molecule has 0 spiro atoms. The van der Waals surface area contributed by atoms with Gasteiger partial charge in [-0.1, -0.05) is 18.2 Å².